The highest BCUT2D eigenvalue weighted by molar-refractivity contribution is 7.27. The lowest BCUT2D eigenvalue weighted by Crippen LogP contribution is -1.91. The highest BCUT2D eigenvalue weighted by Crippen LogP contribution is 2.49. The second kappa shape index (κ2) is 11.4. The van der Waals surface area contributed by atoms with Crippen molar-refractivity contribution in [1.29, 1.82) is 0 Å². The lowest BCUT2D eigenvalue weighted by Gasteiger charge is -2.18. The van der Waals surface area contributed by atoms with Gasteiger partial charge < -0.3 is 4.42 Å². The smallest absolute Gasteiger partial charge is 0.144 e. The maximum atomic E-state index is 6.75. The Balaban J connectivity index is 1.10. The molecule has 0 saturated heterocycles. The maximum Gasteiger partial charge on any atom is 0.144 e. The van der Waals surface area contributed by atoms with E-state index >= 15 is 0 Å². The molecule has 0 spiro atoms. The molecule has 12 rings (SSSR count). The standard InChI is InChI=1S/C52H30OS/c1-2-13-32(14-3-1)47-39-17-6-8-19-41(39)48(42-20-9-7-18-40(42)47)35-24-22-34-29-36(25-23-33(34)28-35)49-50-44(38-16-10-11-21-46(38)53-50)30-45-43-27-26-31-12-4-5-15-37(31)51(43)54-52(45)49/h1-30H. The average molecular weight is 703 g/mol. The minimum atomic E-state index is 0.921. The summed E-state index contributed by atoms with van der Waals surface area (Å²) in [5.41, 5.74) is 9.24. The van der Waals surface area contributed by atoms with Crippen LogP contribution in [0.1, 0.15) is 0 Å². The zero-order valence-electron chi connectivity index (χ0n) is 29.1. The molecule has 2 heteroatoms. The van der Waals surface area contributed by atoms with Gasteiger partial charge in [0.2, 0.25) is 0 Å². The van der Waals surface area contributed by atoms with Crippen molar-refractivity contribution in [2.75, 3.05) is 0 Å². The Labute approximate surface area is 314 Å². The summed E-state index contributed by atoms with van der Waals surface area (Å²) in [5.74, 6) is 0. The number of thiophene rings is 1. The Hall–Kier alpha value is -6.74. The predicted molar refractivity (Wildman–Crippen MR) is 233 cm³/mol. The van der Waals surface area contributed by atoms with Crippen LogP contribution in [-0.4, -0.2) is 0 Å². The van der Waals surface area contributed by atoms with Crippen molar-refractivity contribution in [2.45, 2.75) is 0 Å². The molecule has 2 heterocycles. The summed E-state index contributed by atoms with van der Waals surface area (Å²) < 4.78 is 9.34. The molecule has 0 unspecified atom stereocenters. The van der Waals surface area contributed by atoms with E-state index in [0.29, 0.717) is 0 Å². The molecule has 0 N–H and O–H groups in total. The molecule has 250 valence electrons. The van der Waals surface area contributed by atoms with Crippen molar-refractivity contribution >= 4 is 96.5 Å². The van der Waals surface area contributed by atoms with Gasteiger partial charge in [-0.2, -0.15) is 0 Å². The topological polar surface area (TPSA) is 13.1 Å². The fourth-order valence-electron chi connectivity index (χ4n) is 8.99. The summed E-state index contributed by atoms with van der Waals surface area (Å²) in [6, 6.07) is 66.6. The first-order valence-electron chi connectivity index (χ1n) is 18.5. The van der Waals surface area contributed by atoms with Crippen molar-refractivity contribution in [3.63, 3.8) is 0 Å². The molecule has 0 aliphatic carbocycles. The van der Waals surface area contributed by atoms with Gasteiger partial charge in [0.1, 0.15) is 11.2 Å². The maximum absolute atomic E-state index is 6.75. The van der Waals surface area contributed by atoms with Gasteiger partial charge in [-0.1, -0.05) is 158 Å². The van der Waals surface area contributed by atoms with Crippen molar-refractivity contribution in [3.8, 4) is 33.4 Å². The van der Waals surface area contributed by atoms with Gasteiger partial charge in [-0.05, 0) is 95.2 Å². The van der Waals surface area contributed by atoms with Crippen LogP contribution in [0.5, 0.6) is 0 Å². The van der Waals surface area contributed by atoms with Gasteiger partial charge >= 0.3 is 0 Å². The molecule has 0 bridgehead atoms. The highest BCUT2D eigenvalue weighted by Gasteiger charge is 2.21. The Kier molecular flexibility index (Phi) is 6.28. The monoisotopic (exact) mass is 702 g/mol. The molecule has 0 aliphatic heterocycles. The van der Waals surface area contributed by atoms with Crippen LogP contribution in [-0.2, 0) is 0 Å². The highest BCUT2D eigenvalue weighted by atomic mass is 32.1. The molecule has 0 saturated carbocycles. The van der Waals surface area contributed by atoms with E-state index < -0.39 is 0 Å². The van der Waals surface area contributed by atoms with E-state index in [2.05, 4.69) is 182 Å². The molecule has 0 fully saturated rings. The first-order valence-corrected chi connectivity index (χ1v) is 19.3. The quantitative estimate of drug-likeness (QED) is 0.167. The van der Waals surface area contributed by atoms with Gasteiger partial charge in [0.25, 0.3) is 0 Å². The van der Waals surface area contributed by atoms with Gasteiger partial charge in [-0.3, -0.25) is 0 Å². The van der Waals surface area contributed by atoms with Gasteiger partial charge in [0.15, 0.2) is 0 Å². The van der Waals surface area contributed by atoms with E-state index in [-0.39, 0.29) is 0 Å². The van der Waals surface area contributed by atoms with Crippen LogP contribution in [0.3, 0.4) is 0 Å². The van der Waals surface area contributed by atoms with Gasteiger partial charge in [0, 0.05) is 36.5 Å². The van der Waals surface area contributed by atoms with Crippen LogP contribution in [0.25, 0.3) is 119 Å². The molecule has 0 amide bonds. The van der Waals surface area contributed by atoms with Crippen molar-refractivity contribution in [2.24, 2.45) is 0 Å². The Morgan fingerprint density at radius 3 is 1.52 bits per heavy atom. The predicted octanol–water partition coefficient (Wildman–Crippen LogP) is 15.6. The SMILES string of the molecule is c1ccc(-c2c3ccccc3c(-c3ccc4cc(-c5c6oc7ccccc7c6cc6c5sc5c7ccccc7ccc65)ccc4c3)c3ccccc23)cc1. The fraction of sp³-hybridized carbons (Fsp3) is 0. The van der Waals surface area contributed by atoms with Gasteiger partial charge in [0.05, 0.1) is 0 Å². The van der Waals surface area contributed by atoms with E-state index in [1.165, 1.54) is 96.6 Å². The van der Waals surface area contributed by atoms with Gasteiger partial charge in [-0.15, -0.1) is 11.3 Å². The van der Waals surface area contributed by atoms with Crippen LogP contribution in [0.15, 0.2) is 186 Å². The van der Waals surface area contributed by atoms with Gasteiger partial charge in [-0.25, -0.2) is 0 Å². The van der Waals surface area contributed by atoms with E-state index in [9.17, 15) is 0 Å². The van der Waals surface area contributed by atoms with Crippen molar-refractivity contribution < 1.29 is 4.42 Å². The molecule has 10 aromatic carbocycles. The minimum Gasteiger partial charge on any atom is -0.455 e. The normalized spacial score (nSPS) is 12.1. The molecule has 0 atom stereocenters. The molecule has 2 aromatic heterocycles. The summed E-state index contributed by atoms with van der Waals surface area (Å²) in [7, 11) is 0. The van der Waals surface area contributed by atoms with E-state index in [1.807, 2.05) is 11.3 Å². The molecule has 12 aromatic rings. The molecule has 1 nitrogen and oxygen atoms in total. The molecule has 0 radical (unpaired) electrons. The number of furan rings is 1. The van der Waals surface area contributed by atoms with Crippen LogP contribution in [0, 0.1) is 0 Å². The second-order valence-corrected chi connectivity index (χ2v) is 15.4. The van der Waals surface area contributed by atoms with Crippen LogP contribution < -0.4 is 0 Å². The molecule has 0 aliphatic rings. The van der Waals surface area contributed by atoms with E-state index in [0.717, 1.165) is 21.9 Å². The lowest BCUT2D eigenvalue weighted by molar-refractivity contribution is 0.670. The Morgan fingerprint density at radius 2 is 0.833 bits per heavy atom. The summed E-state index contributed by atoms with van der Waals surface area (Å²) in [6.07, 6.45) is 0. The molecular formula is C52H30OS. The van der Waals surface area contributed by atoms with Crippen LogP contribution >= 0.6 is 11.3 Å². The molecule has 54 heavy (non-hydrogen) atoms. The number of para-hydroxylation sites is 1. The number of fused-ring (bicyclic) bond motifs is 11. The van der Waals surface area contributed by atoms with Crippen LogP contribution in [0.2, 0.25) is 0 Å². The summed E-state index contributed by atoms with van der Waals surface area (Å²) in [5, 5.41) is 14.9. The summed E-state index contributed by atoms with van der Waals surface area (Å²) in [6.45, 7) is 0. The third kappa shape index (κ3) is 4.26. The lowest BCUT2D eigenvalue weighted by atomic mass is 9.85. The van der Waals surface area contributed by atoms with E-state index in [4.69, 9.17) is 4.42 Å². The first kappa shape index (κ1) is 29.8. The summed E-state index contributed by atoms with van der Waals surface area (Å²) in [4.78, 5) is 0. The number of hydrogen-bond donors (Lipinski definition) is 0. The zero-order valence-corrected chi connectivity index (χ0v) is 30.0. The third-order valence-electron chi connectivity index (χ3n) is 11.4. The minimum absolute atomic E-state index is 0.921. The summed E-state index contributed by atoms with van der Waals surface area (Å²) >= 11 is 1.88. The number of rotatable bonds is 3. The van der Waals surface area contributed by atoms with E-state index in [1.54, 1.807) is 0 Å². The first-order chi connectivity index (χ1) is 26.8. The Morgan fingerprint density at radius 1 is 0.296 bits per heavy atom. The zero-order chi connectivity index (χ0) is 35.3. The largest absolute Gasteiger partial charge is 0.455 e. The number of hydrogen-bond acceptors (Lipinski definition) is 2. The molecular weight excluding hydrogens is 673 g/mol. The number of benzene rings is 10. The second-order valence-electron chi connectivity index (χ2n) is 14.4. The third-order valence-corrected chi connectivity index (χ3v) is 12.7. The average Bonchev–Trinajstić information content (AvgIpc) is 3.80. The van der Waals surface area contributed by atoms with Crippen molar-refractivity contribution in [1.82, 2.24) is 0 Å². The van der Waals surface area contributed by atoms with Crippen LogP contribution in [0.4, 0.5) is 0 Å². The fourth-order valence-corrected chi connectivity index (χ4v) is 10.4. The Bertz CT molecular complexity index is 3440. The van der Waals surface area contributed by atoms with Crippen molar-refractivity contribution in [3.05, 3.63) is 182 Å².